The molecular formula is C21H23N5O2. The first-order chi connectivity index (χ1) is 13.7. The van der Waals surface area contributed by atoms with E-state index < -0.39 is 0 Å². The minimum Gasteiger partial charge on any atom is -0.454 e. The summed E-state index contributed by atoms with van der Waals surface area (Å²) in [7, 11) is 0. The van der Waals surface area contributed by atoms with Crippen molar-refractivity contribution in [3.63, 3.8) is 0 Å². The lowest BCUT2D eigenvalue weighted by Gasteiger charge is -2.24. The quantitative estimate of drug-likeness (QED) is 0.674. The van der Waals surface area contributed by atoms with Crippen molar-refractivity contribution < 1.29 is 9.47 Å². The van der Waals surface area contributed by atoms with Gasteiger partial charge in [0.25, 0.3) is 0 Å². The number of hydrogen-bond acceptors (Lipinski definition) is 7. The first-order valence-corrected chi connectivity index (χ1v) is 9.22. The minimum atomic E-state index is 0.264. The van der Waals surface area contributed by atoms with Crippen LogP contribution in [0.1, 0.15) is 18.1 Å². The Bertz CT molecular complexity index is 992. The highest BCUT2D eigenvalue weighted by Crippen LogP contribution is 2.34. The van der Waals surface area contributed by atoms with Gasteiger partial charge in [-0.3, -0.25) is 0 Å². The fraction of sp³-hybridized carbons (Fsp3) is 0.238. The van der Waals surface area contributed by atoms with Crippen LogP contribution in [0.25, 0.3) is 0 Å². The molecule has 2 aromatic carbocycles. The normalized spacial score (nSPS) is 12.1. The summed E-state index contributed by atoms with van der Waals surface area (Å²) in [4.78, 5) is 10.8. The number of rotatable bonds is 6. The maximum absolute atomic E-state index is 6.42. The van der Waals surface area contributed by atoms with Gasteiger partial charge >= 0.3 is 0 Å². The van der Waals surface area contributed by atoms with Gasteiger partial charge in [0.2, 0.25) is 6.79 Å². The van der Waals surface area contributed by atoms with E-state index in [4.69, 9.17) is 15.2 Å². The Morgan fingerprint density at radius 3 is 2.79 bits per heavy atom. The lowest BCUT2D eigenvalue weighted by Crippen LogP contribution is -2.20. The second-order valence-electron chi connectivity index (χ2n) is 6.58. The Kier molecular flexibility index (Phi) is 4.89. The van der Waals surface area contributed by atoms with Gasteiger partial charge in [0.1, 0.15) is 12.0 Å². The average Bonchev–Trinajstić information content (AvgIpc) is 3.17. The van der Waals surface area contributed by atoms with E-state index in [1.807, 2.05) is 24.3 Å². The monoisotopic (exact) mass is 377 g/mol. The average molecular weight is 377 g/mol. The summed E-state index contributed by atoms with van der Waals surface area (Å²) in [6.07, 6.45) is 1.53. The van der Waals surface area contributed by atoms with Gasteiger partial charge in [-0.1, -0.05) is 18.2 Å². The molecule has 0 atom stereocenters. The lowest BCUT2D eigenvalue weighted by atomic mass is 10.2. The Morgan fingerprint density at radius 2 is 1.96 bits per heavy atom. The van der Waals surface area contributed by atoms with E-state index in [1.165, 1.54) is 11.9 Å². The first kappa shape index (κ1) is 17.9. The number of nitrogens with zero attached hydrogens (tertiary/aromatic N) is 3. The molecule has 0 amide bonds. The number of aromatic nitrogens is 2. The van der Waals surface area contributed by atoms with Crippen LogP contribution in [0.4, 0.5) is 23.0 Å². The van der Waals surface area contributed by atoms with Gasteiger partial charge in [-0.2, -0.15) is 0 Å². The van der Waals surface area contributed by atoms with Crippen LogP contribution in [0.5, 0.6) is 11.5 Å². The molecule has 7 heteroatoms. The molecule has 1 aliphatic rings. The molecular weight excluding hydrogens is 354 g/mol. The topological polar surface area (TPSA) is 85.5 Å². The first-order valence-electron chi connectivity index (χ1n) is 9.22. The zero-order valence-corrected chi connectivity index (χ0v) is 16.0. The van der Waals surface area contributed by atoms with Gasteiger partial charge in [-0.05, 0) is 49.2 Å². The highest BCUT2D eigenvalue weighted by molar-refractivity contribution is 5.79. The molecule has 0 aliphatic carbocycles. The summed E-state index contributed by atoms with van der Waals surface area (Å²) >= 11 is 0. The van der Waals surface area contributed by atoms with Crippen LogP contribution in [0.3, 0.4) is 0 Å². The zero-order chi connectivity index (χ0) is 19.5. The van der Waals surface area contributed by atoms with E-state index in [1.54, 1.807) is 0 Å². The number of benzene rings is 2. The molecule has 7 nitrogen and oxygen atoms in total. The van der Waals surface area contributed by atoms with Crippen LogP contribution in [-0.4, -0.2) is 23.3 Å². The molecule has 0 spiro atoms. The predicted molar refractivity (Wildman–Crippen MR) is 110 cm³/mol. The minimum absolute atomic E-state index is 0.264. The Hall–Kier alpha value is -3.48. The summed E-state index contributed by atoms with van der Waals surface area (Å²) in [5, 5.41) is 3.30. The predicted octanol–water partition coefficient (Wildman–Crippen LogP) is 3.87. The van der Waals surface area contributed by atoms with Gasteiger partial charge < -0.3 is 25.4 Å². The van der Waals surface area contributed by atoms with Crippen LogP contribution >= 0.6 is 0 Å². The van der Waals surface area contributed by atoms with E-state index in [0.717, 1.165) is 29.3 Å². The highest BCUT2D eigenvalue weighted by Gasteiger charge is 2.17. The van der Waals surface area contributed by atoms with E-state index in [-0.39, 0.29) is 6.79 Å². The van der Waals surface area contributed by atoms with Crippen molar-refractivity contribution in [1.82, 2.24) is 9.97 Å². The summed E-state index contributed by atoms with van der Waals surface area (Å²) in [6, 6.07) is 14.1. The second kappa shape index (κ2) is 7.64. The molecule has 3 N–H and O–H groups in total. The van der Waals surface area contributed by atoms with E-state index in [0.29, 0.717) is 23.9 Å². The van der Waals surface area contributed by atoms with Gasteiger partial charge in [-0.15, -0.1) is 0 Å². The lowest BCUT2D eigenvalue weighted by molar-refractivity contribution is 0.174. The summed E-state index contributed by atoms with van der Waals surface area (Å²) in [5.74, 6) is 2.82. The van der Waals surface area contributed by atoms with Crippen molar-refractivity contribution in [2.75, 3.05) is 29.3 Å². The van der Waals surface area contributed by atoms with Crippen LogP contribution in [-0.2, 0) is 6.54 Å². The van der Waals surface area contributed by atoms with E-state index in [2.05, 4.69) is 52.2 Å². The molecule has 1 aromatic heterocycles. The van der Waals surface area contributed by atoms with Crippen LogP contribution in [0.2, 0.25) is 0 Å². The largest absolute Gasteiger partial charge is 0.454 e. The van der Waals surface area contributed by atoms with Gasteiger partial charge in [0.05, 0.1) is 0 Å². The van der Waals surface area contributed by atoms with E-state index >= 15 is 0 Å². The van der Waals surface area contributed by atoms with Crippen molar-refractivity contribution >= 4 is 23.0 Å². The fourth-order valence-corrected chi connectivity index (χ4v) is 3.23. The standard InChI is InChI=1S/C21H23N5O2/c1-3-26(16-6-4-5-14(2)9-16)21-19(22)20(24-12-25-21)23-11-15-7-8-17-18(10-15)28-13-27-17/h4-10,12H,3,11,13,22H2,1-2H3,(H,23,24,25). The van der Waals surface area contributed by atoms with E-state index in [9.17, 15) is 0 Å². The van der Waals surface area contributed by atoms with Crippen molar-refractivity contribution in [3.05, 3.63) is 59.9 Å². The summed E-state index contributed by atoms with van der Waals surface area (Å²) < 4.78 is 10.8. The second-order valence-corrected chi connectivity index (χ2v) is 6.58. The number of fused-ring (bicyclic) bond motifs is 1. The maximum Gasteiger partial charge on any atom is 0.231 e. The zero-order valence-electron chi connectivity index (χ0n) is 16.0. The van der Waals surface area contributed by atoms with Gasteiger partial charge in [0, 0.05) is 18.8 Å². The molecule has 1 aliphatic heterocycles. The van der Waals surface area contributed by atoms with Crippen LogP contribution < -0.4 is 25.4 Å². The molecule has 28 heavy (non-hydrogen) atoms. The molecule has 2 heterocycles. The number of nitrogen functional groups attached to an aromatic ring is 1. The molecule has 0 saturated carbocycles. The number of hydrogen-bond donors (Lipinski definition) is 2. The third-order valence-corrected chi connectivity index (χ3v) is 4.65. The van der Waals surface area contributed by atoms with Crippen LogP contribution in [0, 0.1) is 6.92 Å². The molecule has 0 radical (unpaired) electrons. The number of nitrogens with two attached hydrogens (primary N) is 1. The van der Waals surface area contributed by atoms with Gasteiger partial charge in [0.15, 0.2) is 23.1 Å². The Morgan fingerprint density at radius 1 is 1.11 bits per heavy atom. The van der Waals surface area contributed by atoms with Crippen molar-refractivity contribution in [2.45, 2.75) is 20.4 Å². The van der Waals surface area contributed by atoms with Crippen molar-refractivity contribution in [3.8, 4) is 11.5 Å². The maximum atomic E-state index is 6.42. The smallest absolute Gasteiger partial charge is 0.231 e. The molecule has 0 unspecified atom stereocenters. The van der Waals surface area contributed by atoms with Crippen molar-refractivity contribution in [1.29, 1.82) is 0 Å². The Balaban J connectivity index is 1.56. The van der Waals surface area contributed by atoms with Crippen molar-refractivity contribution in [2.24, 2.45) is 0 Å². The highest BCUT2D eigenvalue weighted by atomic mass is 16.7. The molecule has 0 fully saturated rings. The summed E-state index contributed by atoms with van der Waals surface area (Å²) in [6.45, 7) is 5.71. The number of anilines is 4. The Labute approximate surface area is 164 Å². The molecule has 144 valence electrons. The third kappa shape index (κ3) is 3.51. The molecule has 4 rings (SSSR count). The number of nitrogens with one attached hydrogen (secondary N) is 1. The summed E-state index contributed by atoms with van der Waals surface area (Å²) in [5.41, 5.74) is 10.2. The molecule has 0 saturated heterocycles. The third-order valence-electron chi connectivity index (χ3n) is 4.65. The molecule has 0 bridgehead atoms. The number of ether oxygens (including phenoxy) is 2. The van der Waals surface area contributed by atoms with Crippen LogP contribution in [0.15, 0.2) is 48.8 Å². The fourth-order valence-electron chi connectivity index (χ4n) is 3.23. The molecule has 3 aromatic rings. The van der Waals surface area contributed by atoms with Gasteiger partial charge in [-0.25, -0.2) is 9.97 Å². The SMILES string of the molecule is CCN(c1cccc(C)c1)c1ncnc(NCc2ccc3c(c2)OCO3)c1N. The number of aryl methyl sites for hydroxylation is 1.